The van der Waals surface area contributed by atoms with Crippen molar-refractivity contribution in [2.24, 2.45) is 5.92 Å². The van der Waals surface area contributed by atoms with E-state index in [0.29, 0.717) is 18.4 Å². The van der Waals surface area contributed by atoms with Gasteiger partial charge in [0.15, 0.2) is 0 Å². The van der Waals surface area contributed by atoms with Crippen LogP contribution in [0.3, 0.4) is 0 Å². The number of nitro benzene ring substituents is 1. The van der Waals surface area contributed by atoms with Crippen molar-refractivity contribution in [1.82, 2.24) is 9.62 Å². The number of benzene rings is 2. The lowest BCUT2D eigenvalue weighted by molar-refractivity contribution is -0.385. The van der Waals surface area contributed by atoms with Gasteiger partial charge in [-0.3, -0.25) is 14.9 Å². The predicted octanol–water partition coefficient (Wildman–Crippen LogP) is 2.76. The fourth-order valence-electron chi connectivity index (χ4n) is 3.41. The standard InChI is InChI=1S/C20H22FN3O5S/c1-14-2-7-18(24(26)27)12-19(14)30(28,29)23-10-8-16(9-11-23)20(25)22-13-15-3-5-17(21)6-4-15/h2-7,12,16H,8-11,13H2,1H3,(H,22,25). The molecular formula is C20H22FN3O5S. The average Bonchev–Trinajstić information content (AvgIpc) is 2.73. The second-order valence-corrected chi connectivity index (χ2v) is 9.14. The Balaban J connectivity index is 1.61. The molecule has 0 spiro atoms. The van der Waals surface area contributed by atoms with E-state index in [1.807, 2.05) is 0 Å². The van der Waals surface area contributed by atoms with E-state index in [4.69, 9.17) is 0 Å². The molecule has 1 amide bonds. The number of carbonyl (C=O) groups excluding carboxylic acids is 1. The monoisotopic (exact) mass is 435 g/mol. The number of nitrogens with zero attached hydrogens (tertiary/aromatic N) is 2. The molecule has 0 radical (unpaired) electrons. The molecule has 1 N–H and O–H groups in total. The molecule has 0 unspecified atom stereocenters. The second-order valence-electron chi connectivity index (χ2n) is 7.23. The molecule has 0 aromatic heterocycles. The Labute approximate surface area is 173 Å². The number of halogens is 1. The first-order chi connectivity index (χ1) is 14.2. The molecule has 2 aromatic rings. The molecule has 30 heavy (non-hydrogen) atoms. The van der Waals surface area contributed by atoms with Crippen LogP contribution in [-0.4, -0.2) is 36.6 Å². The van der Waals surface area contributed by atoms with Gasteiger partial charge in [0.1, 0.15) is 5.82 Å². The highest BCUT2D eigenvalue weighted by molar-refractivity contribution is 7.89. The zero-order valence-electron chi connectivity index (χ0n) is 16.4. The summed E-state index contributed by atoms with van der Waals surface area (Å²) < 4.78 is 40.2. The van der Waals surface area contributed by atoms with Gasteiger partial charge in [0.05, 0.1) is 9.82 Å². The van der Waals surface area contributed by atoms with Crippen LogP contribution in [0, 0.1) is 28.8 Å². The molecule has 10 heteroatoms. The summed E-state index contributed by atoms with van der Waals surface area (Å²) >= 11 is 0. The summed E-state index contributed by atoms with van der Waals surface area (Å²) in [6, 6.07) is 9.58. The molecule has 2 aromatic carbocycles. The molecule has 8 nitrogen and oxygen atoms in total. The van der Waals surface area contributed by atoms with E-state index >= 15 is 0 Å². The Kier molecular flexibility index (Phi) is 6.47. The second kappa shape index (κ2) is 8.88. The van der Waals surface area contributed by atoms with Crippen LogP contribution in [0.5, 0.6) is 0 Å². The summed E-state index contributed by atoms with van der Waals surface area (Å²) in [6.45, 7) is 2.16. The zero-order valence-corrected chi connectivity index (χ0v) is 17.2. The third-order valence-electron chi connectivity index (χ3n) is 5.21. The molecular weight excluding hydrogens is 413 g/mol. The molecule has 1 aliphatic rings. The van der Waals surface area contributed by atoms with Crippen LogP contribution in [0.4, 0.5) is 10.1 Å². The van der Waals surface area contributed by atoms with Gasteiger partial charge in [-0.25, -0.2) is 12.8 Å². The third-order valence-corrected chi connectivity index (χ3v) is 7.25. The van der Waals surface area contributed by atoms with E-state index in [1.54, 1.807) is 19.1 Å². The van der Waals surface area contributed by atoms with Crippen molar-refractivity contribution < 1.29 is 22.5 Å². The number of hydrogen-bond acceptors (Lipinski definition) is 5. The van der Waals surface area contributed by atoms with E-state index in [-0.39, 0.29) is 47.9 Å². The highest BCUT2D eigenvalue weighted by Gasteiger charge is 2.33. The number of nitrogens with one attached hydrogen (secondary N) is 1. The highest BCUT2D eigenvalue weighted by atomic mass is 32.2. The lowest BCUT2D eigenvalue weighted by Crippen LogP contribution is -2.43. The smallest absolute Gasteiger partial charge is 0.270 e. The van der Waals surface area contributed by atoms with Crippen molar-refractivity contribution >= 4 is 21.6 Å². The minimum absolute atomic E-state index is 0.0871. The van der Waals surface area contributed by atoms with E-state index < -0.39 is 14.9 Å². The Bertz CT molecular complexity index is 1050. The van der Waals surface area contributed by atoms with Crippen LogP contribution < -0.4 is 5.32 Å². The highest BCUT2D eigenvalue weighted by Crippen LogP contribution is 2.28. The van der Waals surface area contributed by atoms with Crippen molar-refractivity contribution in [1.29, 1.82) is 0 Å². The van der Waals surface area contributed by atoms with Gasteiger partial charge in [0.25, 0.3) is 5.69 Å². The van der Waals surface area contributed by atoms with Crippen LogP contribution in [0.15, 0.2) is 47.4 Å². The molecule has 3 rings (SSSR count). The van der Waals surface area contributed by atoms with E-state index in [0.717, 1.165) is 11.6 Å². The van der Waals surface area contributed by atoms with Crippen molar-refractivity contribution in [2.75, 3.05) is 13.1 Å². The maximum Gasteiger partial charge on any atom is 0.270 e. The molecule has 0 atom stereocenters. The Morgan fingerprint density at radius 3 is 2.43 bits per heavy atom. The normalized spacial score (nSPS) is 15.7. The van der Waals surface area contributed by atoms with Gasteiger partial charge in [-0.05, 0) is 43.0 Å². The third kappa shape index (κ3) is 4.82. The molecule has 0 saturated carbocycles. The summed E-state index contributed by atoms with van der Waals surface area (Å²) in [7, 11) is -3.90. The predicted molar refractivity (Wildman–Crippen MR) is 108 cm³/mol. The van der Waals surface area contributed by atoms with Gasteiger partial charge in [-0.1, -0.05) is 18.2 Å². The van der Waals surface area contributed by atoms with Crippen LogP contribution in [0.1, 0.15) is 24.0 Å². The van der Waals surface area contributed by atoms with Gasteiger partial charge in [-0.15, -0.1) is 0 Å². The molecule has 1 saturated heterocycles. The first kappa shape index (κ1) is 21.8. The number of rotatable bonds is 6. The maximum atomic E-state index is 13.0. The maximum absolute atomic E-state index is 13.0. The molecule has 160 valence electrons. The molecule has 1 aliphatic heterocycles. The van der Waals surface area contributed by atoms with Gasteiger partial charge < -0.3 is 5.32 Å². The number of non-ortho nitro benzene ring substituents is 1. The largest absolute Gasteiger partial charge is 0.352 e. The van der Waals surface area contributed by atoms with Gasteiger partial charge in [0.2, 0.25) is 15.9 Å². The molecule has 0 aliphatic carbocycles. The van der Waals surface area contributed by atoms with Gasteiger partial charge in [-0.2, -0.15) is 4.31 Å². The lowest BCUT2D eigenvalue weighted by Gasteiger charge is -2.30. The zero-order chi connectivity index (χ0) is 21.9. The number of carbonyl (C=O) groups is 1. The summed E-state index contributed by atoms with van der Waals surface area (Å²) in [6.07, 6.45) is 0.699. The SMILES string of the molecule is Cc1ccc([N+](=O)[O-])cc1S(=O)(=O)N1CCC(C(=O)NCc2ccc(F)cc2)CC1. The van der Waals surface area contributed by atoms with Crippen LogP contribution in [0.25, 0.3) is 0 Å². The molecule has 1 heterocycles. The van der Waals surface area contributed by atoms with Crippen LogP contribution in [0.2, 0.25) is 0 Å². The first-order valence-electron chi connectivity index (χ1n) is 9.46. The number of amides is 1. The minimum Gasteiger partial charge on any atom is -0.352 e. The number of piperidine rings is 1. The van der Waals surface area contributed by atoms with Crippen LogP contribution >= 0.6 is 0 Å². The van der Waals surface area contributed by atoms with Crippen LogP contribution in [-0.2, 0) is 21.4 Å². The number of sulfonamides is 1. The summed E-state index contributed by atoms with van der Waals surface area (Å²) in [4.78, 5) is 22.7. The fourth-order valence-corrected chi connectivity index (χ4v) is 5.13. The minimum atomic E-state index is -3.90. The Morgan fingerprint density at radius 1 is 1.20 bits per heavy atom. The first-order valence-corrected chi connectivity index (χ1v) is 10.9. The quantitative estimate of drug-likeness (QED) is 0.554. The number of aryl methyl sites for hydroxylation is 1. The summed E-state index contributed by atoms with van der Waals surface area (Å²) in [5.41, 5.74) is 0.917. The van der Waals surface area contributed by atoms with Gasteiger partial charge >= 0.3 is 0 Å². The average molecular weight is 435 g/mol. The topological polar surface area (TPSA) is 110 Å². The van der Waals surface area contributed by atoms with Crippen molar-refractivity contribution in [2.45, 2.75) is 31.2 Å². The van der Waals surface area contributed by atoms with Gasteiger partial charge in [0, 0.05) is 37.7 Å². The summed E-state index contributed by atoms with van der Waals surface area (Å²) in [5.74, 6) is -0.858. The van der Waals surface area contributed by atoms with E-state index in [9.17, 15) is 27.7 Å². The van der Waals surface area contributed by atoms with Crippen molar-refractivity contribution in [3.8, 4) is 0 Å². The molecule has 0 bridgehead atoms. The van der Waals surface area contributed by atoms with Crippen molar-refractivity contribution in [3.05, 3.63) is 69.5 Å². The van der Waals surface area contributed by atoms with Crippen molar-refractivity contribution in [3.63, 3.8) is 0 Å². The summed E-state index contributed by atoms with van der Waals surface area (Å²) in [5, 5.41) is 13.8. The number of nitro groups is 1. The number of hydrogen-bond donors (Lipinski definition) is 1. The fraction of sp³-hybridized carbons (Fsp3) is 0.350. The van der Waals surface area contributed by atoms with E-state index in [2.05, 4.69) is 5.32 Å². The Hall–Kier alpha value is -2.85. The Morgan fingerprint density at radius 2 is 1.83 bits per heavy atom. The van der Waals surface area contributed by atoms with E-state index in [1.165, 1.54) is 28.6 Å². The molecule has 1 fully saturated rings. The lowest BCUT2D eigenvalue weighted by atomic mass is 9.97.